The zero-order chi connectivity index (χ0) is 47.9. The minimum Gasteiger partial charge on any atom is -0.466 e. The van der Waals surface area contributed by atoms with Crippen molar-refractivity contribution in [2.75, 3.05) is 13.2 Å². The Morgan fingerprint density at radius 3 is 0.924 bits per heavy atom. The van der Waals surface area contributed by atoms with E-state index in [1.165, 1.54) is 276 Å². The van der Waals surface area contributed by atoms with E-state index in [1.807, 2.05) is 0 Å². The van der Waals surface area contributed by atoms with Gasteiger partial charge in [0.15, 0.2) is 0 Å². The Kier molecular flexibility index (Phi) is 55.5. The van der Waals surface area contributed by atoms with Crippen molar-refractivity contribution in [2.45, 2.75) is 360 Å². The summed E-state index contributed by atoms with van der Waals surface area (Å²) in [5.41, 5.74) is 0. The number of aliphatic hydroxyl groups excluding tert-OH is 2. The number of aliphatic hydroxyl groups is 2. The van der Waals surface area contributed by atoms with E-state index in [0.29, 0.717) is 25.9 Å². The molecule has 0 saturated heterocycles. The summed E-state index contributed by atoms with van der Waals surface area (Å²) >= 11 is 0. The molecule has 0 fully saturated rings. The fourth-order valence-corrected chi connectivity index (χ4v) is 9.76. The molecule has 0 rings (SSSR count). The van der Waals surface area contributed by atoms with E-state index in [-0.39, 0.29) is 18.5 Å². The second-order valence-corrected chi connectivity index (χ2v) is 21.1. The number of unbranched alkanes of at least 4 members (excludes halogenated alkanes) is 46. The van der Waals surface area contributed by atoms with Gasteiger partial charge in [0.2, 0.25) is 5.91 Å². The lowest BCUT2D eigenvalue weighted by Gasteiger charge is -2.22. The van der Waals surface area contributed by atoms with Crippen molar-refractivity contribution >= 4 is 11.9 Å². The summed E-state index contributed by atoms with van der Waals surface area (Å²) in [5, 5.41) is 23.3. The van der Waals surface area contributed by atoms with Gasteiger partial charge in [0.1, 0.15) is 0 Å². The van der Waals surface area contributed by atoms with Gasteiger partial charge in [0, 0.05) is 12.8 Å². The molecule has 0 aromatic heterocycles. The molecule has 0 spiro atoms. The van der Waals surface area contributed by atoms with E-state index in [2.05, 4.69) is 19.2 Å². The summed E-state index contributed by atoms with van der Waals surface area (Å²) in [4.78, 5) is 24.5. The van der Waals surface area contributed by atoms with Crippen LogP contribution in [0.1, 0.15) is 348 Å². The molecule has 0 bridgehead atoms. The Hall–Kier alpha value is -1.14. The summed E-state index contributed by atoms with van der Waals surface area (Å²) < 4.78 is 5.48. The molecule has 0 aliphatic rings. The summed E-state index contributed by atoms with van der Waals surface area (Å²) in [5.74, 6) is -0.0169. The molecular formula is C60H119NO5. The van der Waals surface area contributed by atoms with Gasteiger partial charge in [0.05, 0.1) is 25.4 Å². The Morgan fingerprint density at radius 2 is 0.621 bits per heavy atom. The highest BCUT2D eigenvalue weighted by atomic mass is 16.5. The lowest BCUT2D eigenvalue weighted by atomic mass is 10.0. The summed E-state index contributed by atoms with van der Waals surface area (Å²) in [6.07, 6.45) is 65.3. The number of carbonyl (C=O) groups excluding carboxylic acids is 2. The van der Waals surface area contributed by atoms with Crippen LogP contribution in [0.3, 0.4) is 0 Å². The van der Waals surface area contributed by atoms with Crippen molar-refractivity contribution in [1.82, 2.24) is 5.32 Å². The zero-order valence-corrected chi connectivity index (χ0v) is 45.0. The third-order valence-electron chi connectivity index (χ3n) is 14.4. The van der Waals surface area contributed by atoms with E-state index >= 15 is 0 Å². The highest BCUT2D eigenvalue weighted by Gasteiger charge is 2.20. The topological polar surface area (TPSA) is 95.9 Å². The Bertz CT molecular complexity index is 944. The van der Waals surface area contributed by atoms with E-state index in [4.69, 9.17) is 4.74 Å². The fraction of sp³-hybridized carbons (Fsp3) is 0.967. The van der Waals surface area contributed by atoms with E-state index < -0.39 is 12.1 Å². The summed E-state index contributed by atoms with van der Waals surface area (Å²) in [7, 11) is 0. The second-order valence-electron chi connectivity index (χ2n) is 21.1. The van der Waals surface area contributed by atoms with Gasteiger partial charge in [-0.1, -0.05) is 309 Å². The number of hydrogen-bond donors (Lipinski definition) is 3. The predicted octanol–water partition coefficient (Wildman–Crippen LogP) is 18.7. The minimum absolute atomic E-state index is 0.0157. The Morgan fingerprint density at radius 1 is 0.364 bits per heavy atom. The maximum atomic E-state index is 12.5. The molecule has 0 saturated carbocycles. The zero-order valence-electron chi connectivity index (χ0n) is 45.0. The standard InChI is InChI=1S/C60H119NO5/c1-3-5-7-9-11-13-15-17-29-32-36-40-44-48-52-58(63)57(56-62)61-59(64)53-49-45-41-37-33-30-26-24-22-20-18-19-21-23-25-27-31-35-39-43-47-51-55-66-60(65)54-50-46-42-38-34-28-16-14-12-10-8-6-4-2/h57-58,62-63H,3-56H2,1-2H3,(H,61,64). The monoisotopic (exact) mass is 934 g/mol. The Labute approximate surface area is 413 Å². The normalized spacial score (nSPS) is 12.5. The quantitative estimate of drug-likeness (QED) is 0.0417. The third kappa shape index (κ3) is 52.2. The van der Waals surface area contributed by atoms with Crippen LogP contribution in [0.2, 0.25) is 0 Å². The molecule has 2 atom stereocenters. The highest BCUT2D eigenvalue weighted by Crippen LogP contribution is 2.18. The first-order valence-electron chi connectivity index (χ1n) is 30.3. The average molecular weight is 935 g/mol. The molecular weight excluding hydrogens is 815 g/mol. The van der Waals surface area contributed by atoms with E-state index in [9.17, 15) is 19.8 Å². The number of hydrogen-bond acceptors (Lipinski definition) is 5. The van der Waals surface area contributed by atoms with Crippen LogP contribution in [-0.4, -0.2) is 47.4 Å². The van der Waals surface area contributed by atoms with Crippen LogP contribution >= 0.6 is 0 Å². The maximum Gasteiger partial charge on any atom is 0.305 e. The molecule has 3 N–H and O–H groups in total. The van der Waals surface area contributed by atoms with Gasteiger partial charge in [-0.05, 0) is 25.7 Å². The lowest BCUT2D eigenvalue weighted by molar-refractivity contribution is -0.143. The van der Waals surface area contributed by atoms with Crippen LogP contribution in [-0.2, 0) is 14.3 Å². The van der Waals surface area contributed by atoms with Crippen molar-refractivity contribution in [1.29, 1.82) is 0 Å². The molecule has 2 unspecified atom stereocenters. The molecule has 1 amide bonds. The number of ether oxygens (including phenoxy) is 1. The van der Waals surface area contributed by atoms with Crippen LogP contribution < -0.4 is 5.32 Å². The largest absolute Gasteiger partial charge is 0.466 e. The minimum atomic E-state index is -0.662. The number of nitrogens with one attached hydrogen (secondary N) is 1. The molecule has 0 aliphatic carbocycles. The van der Waals surface area contributed by atoms with Crippen molar-refractivity contribution in [3.8, 4) is 0 Å². The molecule has 0 heterocycles. The van der Waals surface area contributed by atoms with Crippen molar-refractivity contribution in [2.24, 2.45) is 0 Å². The van der Waals surface area contributed by atoms with Gasteiger partial charge in [-0.2, -0.15) is 0 Å². The van der Waals surface area contributed by atoms with E-state index in [1.54, 1.807) is 0 Å². The van der Waals surface area contributed by atoms with Crippen LogP contribution in [0.5, 0.6) is 0 Å². The molecule has 0 aromatic carbocycles. The van der Waals surface area contributed by atoms with Gasteiger partial charge in [0.25, 0.3) is 0 Å². The number of rotatable bonds is 57. The van der Waals surface area contributed by atoms with Crippen LogP contribution in [0, 0.1) is 0 Å². The van der Waals surface area contributed by atoms with Gasteiger partial charge in [-0.3, -0.25) is 9.59 Å². The first kappa shape index (κ1) is 64.9. The maximum absolute atomic E-state index is 12.5. The number of esters is 1. The first-order valence-corrected chi connectivity index (χ1v) is 30.3. The van der Waals surface area contributed by atoms with Crippen molar-refractivity contribution in [3.05, 3.63) is 0 Å². The summed E-state index contributed by atoms with van der Waals surface area (Å²) in [6, 6.07) is -0.539. The van der Waals surface area contributed by atoms with Crippen LogP contribution in [0.4, 0.5) is 0 Å². The van der Waals surface area contributed by atoms with Crippen molar-refractivity contribution < 1.29 is 24.5 Å². The van der Waals surface area contributed by atoms with Crippen molar-refractivity contribution in [3.63, 3.8) is 0 Å². The number of amides is 1. The summed E-state index contributed by atoms with van der Waals surface area (Å²) in [6.45, 7) is 4.98. The average Bonchev–Trinajstić information content (AvgIpc) is 3.32. The first-order chi connectivity index (χ1) is 32.5. The van der Waals surface area contributed by atoms with Gasteiger partial charge in [-0.15, -0.1) is 0 Å². The van der Waals surface area contributed by atoms with Crippen LogP contribution in [0.25, 0.3) is 0 Å². The lowest BCUT2D eigenvalue weighted by Crippen LogP contribution is -2.45. The predicted molar refractivity (Wildman–Crippen MR) is 287 cm³/mol. The van der Waals surface area contributed by atoms with Crippen LogP contribution in [0.15, 0.2) is 0 Å². The fourth-order valence-electron chi connectivity index (χ4n) is 9.76. The molecule has 6 heteroatoms. The molecule has 0 aliphatic heterocycles. The molecule has 0 radical (unpaired) electrons. The van der Waals surface area contributed by atoms with Gasteiger partial charge in [-0.25, -0.2) is 0 Å². The third-order valence-corrected chi connectivity index (χ3v) is 14.4. The Balaban J connectivity index is 3.36. The second kappa shape index (κ2) is 56.4. The molecule has 66 heavy (non-hydrogen) atoms. The molecule has 394 valence electrons. The smallest absolute Gasteiger partial charge is 0.305 e. The SMILES string of the molecule is CCCCCCCCCCCCCCCCC(O)C(CO)NC(=O)CCCCCCCCCCCCCCCCCCCCCCCCOC(=O)CCCCCCCCCCCCCCC. The van der Waals surface area contributed by atoms with Gasteiger partial charge < -0.3 is 20.3 Å². The van der Waals surface area contributed by atoms with Gasteiger partial charge >= 0.3 is 5.97 Å². The highest BCUT2D eigenvalue weighted by molar-refractivity contribution is 5.76. The molecule has 6 nitrogen and oxygen atoms in total. The number of carbonyl (C=O) groups is 2. The molecule has 0 aromatic rings. The van der Waals surface area contributed by atoms with E-state index in [0.717, 1.165) is 38.5 Å².